The summed E-state index contributed by atoms with van der Waals surface area (Å²) in [6, 6.07) is 7.72. The van der Waals surface area contributed by atoms with Gasteiger partial charge in [-0.25, -0.2) is 8.42 Å². The van der Waals surface area contributed by atoms with Gasteiger partial charge in [0.25, 0.3) is 11.0 Å². The molecule has 4 nitrogen and oxygen atoms in total. The molecule has 1 saturated heterocycles. The third-order valence-corrected chi connectivity index (χ3v) is 3.21. The van der Waals surface area contributed by atoms with E-state index in [2.05, 4.69) is 4.18 Å². The standard InChI is InChI=1S/C12H16O4S/c13-17(14)16-9-10-4-6-11(7-5-10)12-3-1-2-8-15-12/h4-7,12,17H,1-3,8-9H2. The van der Waals surface area contributed by atoms with Gasteiger partial charge in [0.2, 0.25) is 0 Å². The first kappa shape index (κ1) is 12.5. The maximum atomic E-state index is 10.3. The maximum absolute atomic E-state index is 10.3. The molecule has 0 N–H and O–H groups in total. The Kier molecular flexibility index (Phi) is 4.53. The lowest BCUT2D eigenvalue weighted by Crippen LogP contribution is -2.11. The second kappa shape index (κ2) is 6.14. The molecule has 1 heterocycles. The first-order chi connectivity index (χ1) is 8.25. The van der Waals surface area contributed by atoms with Gasteiger partial charge in [0, 0.05) is 6.61 Å². The van der Waals surface area contributed by atoms with Gasteiger partial charge in [0.1, 0.15) is 0 Å². The Labute approximate surface area is 103 Å². The van der Waals surface area contributed by atoms with Crippen molar-refractivity contribution >= 4 is 11.0 Å². The van der Waals surface area contributed by atoms with Crippen molar-refractivity contribution in [3.05, 3.63) is 35.4 Å². The highest BCUT2D eigenvalue weighted by atomic mass is 32.2. The van der Waals surface area contributed by atoms with Crippen molar-refractivity contribution in [2.45, 2.75) is 32.0 Å². The highest BCUT2D eigenvalue weighted by Gasteiger charge is 2.15. The SMILES string of the molecule is O=[SH](=O)OCc1ccc(C2CCCCO2)cc1. The first-order valence-electron chi connectivity index (χ1n) is 5.73. The Morgan fingerprint density at radius 3 is 2.59 bits per heavy atom. The molecule has 5 heteroatoms. The van der Waals surface area contributed by atoms with Crippen molar-refractivity contribution in [3.8, 4) is 0 Å². The van der Waals surface area contributed by atoms with Gasteiger partial charge in [-0.15, -0.1) is 0 Å². The van der Waals surface area contributed by atoms with Gasteiger partial charge in [0.05, 0.1) is 12.7 Å². The molecule has 1 atom stereocenters. The lowest BCUT2D eigenvalue weighted by atomic mass is 10.0. The first-order valence-corrected chi connectivity index (χ1v) is 6.83. The molecule has 0 aromatic heterocycles. The van der Waals surface area contributed by atoms with E-state index in [1.165, 1.54) is 6.42 Å². The highest BCUT2D eigenvalue weighted by Crippen LogP contribution is 2.27. The predicted octanol–water partition coefficient (Wildman–Crippen LogP) is 1.97. The Bertz CT molecular complexity index is 411. The molecule has 1 aromatic carbocycles. The van der Waals surface area contributed by atoms with Crippen LogP contribution in [0, 0.1) is 0 Å². The summed E-state index contributed by atoms with van der Waals surface area (Å²) in [4.78, 5) is 0. The van der Waals surface area contributed by atoms with Gasteiger partial charge in [-0.1, -0.05) is 24.3 Å². The van der Waals surface area contributed by atoms with E-state index < -0.39 is 11.0 Å². The lowest BCUT2D eigenvalue weighted by molar-refractivity contribution is 0.0149. The Morgan fingerprint density at radius 2 is 2.00 bits per heavy atom. The molecule has 0 spiro atoms. The molecule has 2 rings (SSSR count). The van der Waals surface area contributed by atoms with Gasteiger partial charge in [-0.05, 0) is 30.4 Å². The second-order valence-electron chi connectivity index (χ2n) is 4.09. The van der Waals surface area contributed by atoms with E-state index in [0.717, 1.165) is 30.6 Å². The quantitative estimate of drug-likeness (QED) is 0.837. The molecule has 1 aliphatic rings. The maximum Gasteiger partial charge on any atom is 0.257 e. The molecule has 1 aromatic rings. The van der Waals surface area contributed by atoms with E-state index in [0.29, 0.717) is 0 Å². The van der Waals surface area contributed by atoms with Gasteiger partial charge in [0.15, 0.2) is 0 Å². The van der Waals surface area contributed by atoms with Crippen LogP contribution in [0.25, 0.3) is 0 Å². The lowest BCUT2D eigenvalue weighted by Gasteiger charge is -2.22. The van der Waals surface area contributed by atoms with Crippen LogP contribution in [0.4, 0.5) is 0 Å². The second-order valence-corrected chi connectivity index (χ2v) is 4.80. The molecule has 0 aliphatic carbocycles. The van der Waals surface area contributed by atoms with E-state index in [1.807, 2.05) is 24.3 Å². The van der Waals surface area contributed by atoms with Crippen LogP contribution in [0.15, 0.2) is 24.3 Å². The fourth-order valence-electron chi connectivity index (χ4n) is 1.96. The van der Waals surface area contributed by atoms with E-state index >= 15 is 0 Å². The summed E-state index contributed by atoms with van der Waals surface area (Å²) in [5.41, 5.74) is 2.00. The average molecular weight is 256 g/mol. The van der Waals surface area contributed by atoms with Crippen LogP contribution in [-0.4, -0.2) is 15.0 Å². The van der Waals surface area contributed by atoms with Crippen LogP contribution in [0.3, 0.4) is 0 Å². The summed E-state index contributed by atoms with van der Waals surface area (Å²) < 4.78 is 30.8. The summed E-state index contributed by atoms with van der Waals surface area (Å²) in [7, 11) is -2.77. The number of rotatable bonds is 4. The number of thiol groups is 1. The third kappa shape index (κ3) is 3.80. The number of benzene rings is 1. The third-order valence-electron chi connectivity index (χ3n) is 2.87. The average Bonchev–Trinajstić information content (AvgIpc) is 2.38. The van der Waals surface area contributed by atoms with Crippen LogP contribution in [0.2, 0.25) is 0 Å². The molecule has 0 saturated carbocycles. The predicted molar refractivity (Wildman–Crippen MR) is 64.1 cm³/mol. The largest absolute Gasteiger partial charge is 0.374 e. The van der Waals surface area contributed by atoms with E-state index in [4.69, 9.17) is 4.74 Å². The minimum absolute atomic E-state index is 0.102. The van der Waals surface area contributed by atoms with Crippen molar-refractivity contribution < 1.29 is 17.3 Å². The zero-order valence-corrected chi connectivity index (χ0v) is 10.4. The summed E-state index contributed by atoms with van der Waals surface area (Å²) >= 11 is 0. The smallest absolute Gasteiger partial charge is 0.257 e. The molecule has 1 unspecified atom stereocenters. The monoisotopic (exact) mass is 256 g/mol. The van der Waals surface area contributed by atoms with E-state index in [-0.39, 0.29) is 12.7 Å². The molecule has 0 amide bonds. The van der Waals surface area contributed by atoms with Crippen molar-refractivity contribution in [1.82, 2.24) is 0 Å². The van der Waals surface area contributed by atoms with Crippen molar-refractivity contribution in [1.29, 1.82) is 0 Å². The van der Waals surface area contributed by atoms with Gasteiger partial charge < -0.3 is 4.74 Å². The van der Waals surface area contributed by atoms with Crippen LogP contribution < -0.4 is 0 Å². The van der Waals surface area contributed by atoms with E-state index in [1.54, 1.807) is 0 Å². The van der Waals surface area contributed by atoms with Gasteiger partial charge in [-0.3, -0.25) is 4.18 Å². The number of hydrogen-bond acceptors (Lipinski definition) is 4. The van der Waals surface area contributed by atoms with Crippen LogP contribution in [0.1, 0.15) is 36.5 Å². The number of ether oxygens (including phenoxy) is 1. The molecular weight excluding hydrogens is 240 g/mol. The molecule has 1 aliphatic heterocycles. The molecular formula is C12H16O4S. The minimum atomic E-state index is -2.77. The summed E-state index contributed by atoms with van der Waals surface area (Å²) in [5, 5.41) is 0. The fourth-order valence-corrected chi connectivity index (χ4v) is 2.21. The Balaban J connectivity index is 1.96. The van der Waals surface area contributed by atoms with Crippen molar-refractivity contribution in [3.63, 3.8) is 0 Å². The summed E-state index contributed by atoms with van der Waals surface area (Å²) in [6.07, 6.45) is 3.59. The zero-order chi connectivity index (χ0) is 12.1. The Hall–Kier alpha value is -0.910. The van der Waals surface area contributed by atoms with E-state index in [9.17, 15) is 8.42 Å². The fraction of sp³-hybridized carbons (Fsp3) is 0.500. The summed E-state index contributed by atoms with van der Waals surface area (Å²) in [5.74, 6) is 0. The normalized spacial score (nSPS) is 20.6. The molecule has 0 radical (unpaired) electrons. The molecule has 17 heavy (non-hydrogen) atoms. The van der Waals surface area contributed by atoms with Crippen LogP contribution >= 0.6 is 0 Å². The minimum Gasteiger partial charge on any atom is -0.374 e. The van der Waals surface area contributed by atoms with Gasteiger partial charge in [-0.2, -0.15) is 0 Å². The topological polar surface area (TPSA) is 52.6 Å². The summed E-state index contributed by atoms with van der Waals surface area (Å²) in [6.45, 7) is 0.927. The highest BCUT2D eigenvalue weighted by molar-refractivity contribution is 7.67. The molecule has 0 bridgehead atoms. The Morgan fingerprint density at radius 1 is 1.24 bits per heavy atom. The molecule has 1 fully saturated rings. The molecule has 94 valence electrons. The van der Waals surface area contributed by atoms with Gasteiger partial charge >= 0.3 is 0 Å². The van der Waals surface area contributed by atoms with Crippen molar-refractivity contribution in [2.24, 2.45) is 0 Å². The number of hydrogen-bond donors (Lipinski definition) is 1. The van der Waals surface area contributed by atoms with Crippen LogP contribution in [-0.2, 0) is 26.5 Å². The van der Waals surface area contributed by atoms with Crippen molar-refractivity contribution in [2.75, 3.05) is 6.61 Å². The van der Waals surface area contributed by atoms with Crippen LogP contribution in [0.5, 0.6) is 0 Å². The zero-order valence-electron chi connectivity index (χ0n) is 9.50.